The minimum atomic E-state index is 0.307. The van der Waals surface area contributed by atoms with Crippen LogP contribution in [0, 0.1) is 11.3 Å². The second-order valence-electron chi connectivity index (χ2n) is 4.63. The van der Waals surface area contributed by atoms with Gasteiger partial charge in [0.25, 0.3) is 0 Å². The SMILES string of the molecule is CC(C)n1ncnc1CNCc1cccc(C#N)c1. The van der Waals surface area contributed by atoms with Gasteiger partial charge in [0.1, 0.15) is 12.2 Å². The average Bonchev–Trinajstić information content (AvgIpc) is 2.87. The molecule has 0 fully saturated rings. The zero-order valence-electron chi connectivity index (χ0n) is 11.2. The van der Waals surface area contributed by atoms with Crippen LogP contribution in [0.4, 0.5) is 0 Å². The van der Waals surface area contributed by atoms with E-state index in [1.807, 2.05) is 22.9 Å². The Kier molecular flexibility index (Phi) is 4.26. The fourth-order valence-corrected chi connectivity index (χ4v) is 1.90. The molecular weight excluding hydrogens is 238 g/mol. The summed E-state index contributed by atoms with van der Waals surface area (Å²) in [5.41, 5.74) is 1.78. The van der Waals surface area contributed by atoms with Gasteiger partial charge in [0, 0.05) is 12.6 Å². The Morgan fingerprint density at radius 2 is 2.21 bits per heavy atom. The molecule has 1 N–H and O–H groups in total. The zero-order chi connectivity index (χ0) is 13.7. The van der Waals surface area contributed by atoms with Crippen molar-refractivity contribution in [2.24, 2.45) is 0 Å². The summed E-state index contributed by atoms with van der Waals surface area (Å²) in [4.78, 5) is 4.24. The summed E-state index contributed by atoms with van der Waals surface area (Å²) in [6.45, 7) is 5.53. The lowest BCUT2D eigenvalue weighted by Crippen LogP contribution is -2.18. The van der Waals surface area contributed by atoms with Crippen molar-refractivity contribution in [3.63, 3.8) is 0 Å². The third-order valence-corrected chi connectivity index (χ3v) is 2.80. The molecule has 0 bridgehead atoms. The predicted molar refractivity (Wildman–Crippen MR) is 72.1 cm³/mol. The Balaban J connectivity index is 1.93. The van der Waals surface area contributed by atoms with Crippen molar-refractivity contribution in [2.45, 2.75) is 33.0 Å². The van der Waals surface area contributed by atoms with E-state index in [9.17, 15) is 0 Å². The lowest BCUT2D eigenvalue weighted by molar-refractivity contribution is 0.490. The van der Waals surface area contributed by atoms with Crippen molar-refractivity contribution in [3.8, 4) is 6.07 Å². The lowest BCUT2D eigenvalue weighted by atomic mass is 10.1. The summed E-state index contributed by atoms with van der Waals surface area (Å²) in [6.07, 6.45) is 1.58. The normalized spacial score (nSPS) is 10.6. The van der Waals surface area contributed by atoms with Crippen LogP contribution in [0.5, 0.6) is 0 Å². The lowest BCUT2D eigenvalue weighted by Gasteiger charge is -2.10. The molecule has 0 radical (unpaired) electrons. The Labute approximate surface area is 112 Å². The van der Waals surface area contributed by atoms with E-state index in [1.165, 1.54) is 0 Å². The summed E-state index contributed by atoms with van der Waals surface area (Å²) >= 11 is 0. The quantitative estimate of drug-likeness (QED) is 0.887. The molecular formula is C14H17N5. The predicted octanol–water partition coefficient (Wildman–Crippen LogP) is 2.02. The van der Waals surface area contributed by atoms with E-state index in [2.05, 4.69) is 35.3 Å². The number of benzene rings is 1. The molecule has 1 heterocycles. The van der Waals surface area contributed by atoms with Crippen molar-refractivity contribution in [1.29, 1.82) is 5.26 Å². The molecule has 2 aromatic rings. The molecule has 0 saturated carbocycles. The molecule has 0 aliphatic rings. The van der Waals surface area contributed by atoms with Crippen LogP contribution in [0.2, 0.25) is 0 Å². The van der Waals surface area contributed by atoms with Crippen molar-refractivity contribution < 1.29 is 0 Å². The standard InChI is InChI=1S/C14H17N5/c1-11(2)19-14(17-10-18-19)9-16-8-13-5-3-4-12(6-13)7-15/h3-6,10-11,16H,8-9H2,1-2H3. The molecule has 5 nitrogen and oxygen atoms in total. The van der Waals surface area contributed by atoms with Crippen molar-refractivity contribution >= 4 is 0 Å². The van der Waals surface area contributed by atoms with Gasteiger partial charge in [0.15, 0.2) is 0 Å². The molecule has 0 spiro atoms. The van der Waals surface area contributed by atoms with Gasteiger partial charge in [-0.2, -0.15) is 10.4 Å². The van der Waals surface area contributed by atoms with Gasteiger partial charge >= 0.3 is 0 Å². The van der Waals surface area contributed by atoms with Crippen LogP contribution in [0.25, 0.3) is 0 Å². The van der Waals surface area contributed by atoms with Gasteiger partial charge < -0.3 is 5.32 Å². The maximum atomic E-state index is 8.84. The van der Waals surface area contributed by atoms with Crippen molar-refractivity contribution in [3.05, 3.63) is 47.5 Å². The Morgan fingerprint density at radius 3 is 2.95 bits per heavy atom. The number of nitrogens with zero attached hydrogens (tertiary/aromatic N) is 4. The minimum Gasteiger partial charge on any atom is -0.306 e. The van der Waals surface area contributed by atoms with Crippen LogP contribution in [-0.2, 0) is 13.1 Å². The fourth-order valence-electron chi connectivity index (χ4n) is 1.90. The first-order valence-electron chi connectivity index (χ1n) is 6.29. The Bertz CT molecular complexity index is 580. The van der Waals surface area contributed by atoms with Gasteiger partial charge in [-0.05, 0) is 31.5 Å². The van der Waals surface area contributed by atoms with Gasteiger partial charge in [-0.3, -0.25) is 0 Å². The maximum Gasteiger partial charge on any atom is 0.141 e. The highest BCUT2D eigenvalue weighted by atomic mass is 15.3. The van der Waals surface area contributed by atoms with E-state index in [0.29, 0.717) is 24.7 Å². The summed E-state index contributed by atoms with van der Waals surface area (Å²) in [6, 6.07) is 10.0. The summed E-state index contributed by atoms with van der Waals surface area (Å²) in [5.74, 6) is 0.923. The number of rotatable bonds is 5. The molecule has 0 amide bonds. The van der Waals surface area contributed by atoms with Gasteiger partial charge in [0.05, 0.1) is 18.2 Å². The number of nitriles is 1. The maximum absolute atomic E-state index is 8.84. The first-order valence-corrected chi connectivity index (χ1v) is 6.29. The Morgan fingerprint density at radius 1 is 1.37 bits per heavy atom. The van der Waals surface area contributed by atoms with Gasteiger partial charge in [0.2, 0.25) is 0 Å². The molecule has 0 aliphatic carbocycles. The average molecular weight is 255 g/mol. The fraction of sp³-hybridized carbons (Fsp3) is 0.357. The van der Waals surface area contributed by atoms with E-state index in [0.717, 1.165) is 11.4 Å². The molecule has 1 aromatic carbocycles. The Hall–Kier alpha value is -2.19. The minimum absolute atomic E-state index is 0.307. The topological polar surface area (TPSA) is 66.5 Å². The molecule has 0 atom stereocenters. The van der Waals surface area contributed by atoms with E-state index in [4.69, 9.17) is 5.26 Å². The summed E-state index contributed by atoms with van der Waals surface area (Å²) in [7, 11) is 0. The van der Waals surface area contributed by atoms with E-state index >= 15 is 0 Å². The largest absolute Gasteiger partial charge is 0.306 e. The zero-order valence-corrected chi connectivity index (χ0v) is 11.2. The van der Waals surface area contributed by atoms with E-state index in [-0.39, 0.29) is 0 Å². The number of nitrogens with one attached hydrogen (secondary N) is 1. The first-order chi connectivity index (χ1) is 9.20. The number of hydrogen-bond donors (Lipinski definition) is 1. The second-order valence-corrected chi connectivity index (χ2v) is 4.63. The van der Waals surface area contributed by atoms with Crippen LogP contribution in [-0.4, -0.2) is 14.8 Å². The number of hydrogen-bond acceptors (Lipinski definition) is 4. The van der Waals surface area contributed by atoms with Crippen LogP contribution in [0.3, 0.4) is 0 Å². The molecule has 5 heteroatoms. The van der Waals surface area contributed by atoms with Gasteiger partial charge in [-0.25, -0.2) is 9.67 Å². The monoisotopic (exact) mass is 255 g/mol. The second kappa shape index (κ2) is 6.12. The molecule has 98 valence electrons. The van der Waals surface area contributed by atoms with Crippen molar-refractivity contribution in [1.82, 2.24) is 20.1 Å². The van der Waals surface area contributed by atoms with Crippen molar-refractivity contribution in [2.75, 3.05) is 0 Å². The van der Waals surface area contributed by atoms with Crippen LogP contribution in [0.15, 0.2) is 30.6 Å². The molecule has 19 heavy (non-hydrogen) atoms. The van der Waals surface area contributed by atoms with E-state index in [1.54, 1.807) is 12.4 Å². The smallest absolute Gasteiger partial charge is 0.141 e. The highest BCUT2D eigenvalue weighted by Gasteiger charge is 2.06. The third-order valence-electron chi connectivity index (χ3n) is 2.80. The highest BCUT2D eigenvalue weighted by Crippen LogP contribution is 2.06. The van der Waals surface area contributed by atoms with Crippen LogP contribution in [0.1, 0.15) is 36.8 Å². The molecule has 1 aromatic heterocycles. The number of aromatic nitrogens is 3. The van der Waals surface area contributed by atoms with Crippen LogP contribution >= 0.6 is 0 Å². The van der Waals surface area contributed by atoms with Crippen LogP contribution < -0.4 is 5.32 Å². The highest BCUT2D eigenvalue weighted by molar-refractivity contribution is 5.32. The third kappa shape index (κ3) is 3.39. The van der Waals surface area contributed by atoms with Gasteiger partial charge in [-0.1, -0.05) is 12.1 Å². The van der Waals surface area contributed by atoms with Gasteiger partial charge in [-0.15, -0.1) is 0 Å². The molecule has 0 unspecified atom stereocenters. The van der Waals surface area contributed by atoms with E-state index < -0.39 is 0 Å². The molecule has 2 rings (SSSR count). The molecule has 0 aliphatic heterocycles. The molecule has 0 saturated heterocycles. The summed E-state index contributed by atoms with van der Waals surface area (Å²) in [5, 5.41) is 16.4. The first kappa shape index (κ1) is 13.2. The summed E-state index contributed by atoms with van der Waals surface area (Å²) < 4.78 is 1.90.